The average molecular weight is 257 g/mol. The molecule has 2 N–H and O–H groups in total. The second-order valence-electron chi connectivity index (χ2n) is 5.01. The molecule has 0 saturated heterocycles. The highest BCUT2D eigenvalue weighted by molar-refractivity contribution is 5.35. The molecule has 19 heavy (non-hydrogen) atoms. The number of aliphatic hydroxyl groups is 1. The largest absolute Gasteiger partial charge is 0.385 e. The molecule has 0 spiro atoms. The lowest BCUT2D eigenvalue weighted by Gasteiger charge is -2.21. The molecule has 0 aliphatic carbocycles. The summed E-state index contributed by atoms with van der Waals surface area (Å²) < 4.78 is 2.04. The summed E-state index contributed by atoms with van der Waals surface area (Å²) in [7, 11) is 0. The van der Waals surface area contributed by atoms with E-state index in [1.807, 2.05) is 16.7 Å². The Morgan fingerprint density at radius 1 is 1.47 bits per heavy atom. The summed E-state index contributed by atoms with van der Waals surface area (Å²) >= 11 is 0. The number of nitrogens with zero attached hydrogens (tertiary/aromatic N) is 2. The fourth-order valence-corrected chi connectivity index (χ4v) is 2.79. The molecule has 1 aliphatic rings. The molecule has 1 aromatic heterocycles. The van der Waals surface area contributed by atoms with Crippen molar-refractivity contribution in [1.29, 1.82) is 0 Å². The van der Waals surface area contributed by atoms with E-state index in [0.29, 0.717) is 0 Å². The number of aromatic nitrogens is 2. The van der Waals surface area contributed by atoms with Gasteiger partial charge in [-0.2, -0.15) is 0 Å². The number of benzene rings is 1. The Labute approximate surface area is 113 Å². The molecule has 2 aromatic rings. The second-order valence-corrected chi connectivity index (χ2v) is 5.01. The normalized spacial score (nSPS) is 19.4. The first-order chi connectivity index (χ1) is 9.31. The third-order valence-electron chi connectivity index (χ3n) is 3.73. The van der Waals surface area contributed by atoms with E-state index in [0.717, 1.165) is 25.2 Å². The van der Waals surface area contributed by atoms with Crippen LogP contribution in [0.1, 0.15) is 42.3 Å². The molecule has 4 nitrogen and oxygen atoms in total. The number of hydrogen-bond acceptors (Lipinski definition) is 3. The third-order valence-corrected chi connectivity index (χ3v) is 3.73. The van der Waals surface area contributed by atoms with Gasteiger partial charge in [0, 0.05) is 13.1 Å². The number of fused-ring (bicyclic) bond motifs is 1. The Morgan fingerprint density at radius 3 is 3.16 bits per heavy atom. The smallest absolute Gasteiger partial charge is 0.115 e. The van der Waals surface area contributed by atoms with Gasteiger partial charge in [-0.15, -0.1) is 0 Å². The van der Waals surface area contributed by atoms with Crippen LogP contribution in [0.15, 0.2) is 36.8 Å². The van der Waals surface area contributed by atoms with Crippen molar-refractivity contribution in [3.05, 3.63) is 53.6 Å². The molecule has 0 amide bonds. The van der Waals surface area contributed by atoms with Gasteiger partial charge < -0.3 is 15.0 Å². The molecule has 1 aromatic carbocycles. The fourth-order valence-electron chi connectivity index (χ4n) is 2.79. The predicted molar refractivity (Wildman–Crippen MR) is 73.5 cm³/mol. The molecule has 0 bridgehead atoms. The summed E-state index contributed by atoms with van der Waals surface area (Å²) in [6.45, 7) is 3.83. The summed E-state index contributed by atoms with van der Waals surface area (Å²) in [5.41, 5.74) is 3.35. The Kier molecular flexibility index (Phi) is 3.36. The predicted octanol–water partition coefficient (Wildman–Crippen LogP) is 2.17. The molecular weight excluding hydrogens is 238 g/mol. The van der Waals surface area contributed by atoms with Gasteiger partial charge in [0.1, 0.15) is 6.10 Å². The van der Waals surface area contributed by atoms with E-state index in [4.69, 9.17) is 0 Å². The van der Waals surface area contributed by atoms with Crippen LogP contribution in [-0.4, -0.2) is 14.7 Å². The highest BCUT2D eigenvalue weighted by atomic mass is 16.3. The number of imidazole rings is 1. The number of nitrogens with one attached hydrogen (secondary N) is 1. The van der Waals surface area contributed by atoms with Gasteiger partial charge in [0.25, 0.3) is 0 Å². The van der Waals surface area contributed by atoms with Gasteiger partial charge in [0.2, 0.25) is 0 Å². The zero-order valence-electron chi connectivity index (χ0n) is 11.1. The van der Waals surface area contributed by atoms with Gasteiger partial charge in [0.15, 0.2) is 0 Å². The van der Waals surface area contributed by atoms with E-state index >= 15 is 0 Å². The Hall–Kier alpha value is -1.65. The quantitative estimate of drug-likeness (QED) is 0.882. The van der Waals surface area contributed by atoms with E-state index in [1.165, 1.54) is 11.1 Å². The van der Waals surface area contributed by atoms with Crippen LogP contribution in [0.25, 0.3) is 0 Å². The zero-order valence-corrected chi connectivity index (χ0v) is 11.1. The average Bonchev–Trinajstić information content (AvgIpc) is 3.04. The van der Waals surface area contributed by atoms with Crippen LogP contribution in [0, 0.1) is 0 Å². The lowest BCUT2D eigenvalue weighted by atomic mass is 9.99. The number of aliphatic hydroxyl groups excluding tert-OH is 1. The molecule has 100 valence electrons. The highest BCUT2D eigenvalue weighted by Gasteiger charge is 2.30. The Bertz CT molecular complexity index is 564. The third kappa shape index (κ3) is 2.17. The van der Waals surface area contributed by atoms with Crippen LogP contribution in [0.3, 0.4) is 0 Å². The molecule has 4 heteroatoms. The van der Waals surface area contributed by atoms with E-state index < -0.39 is 6.10 Å². The molecule has 2 atom stereocenters. The van der Waals surface area contributed by atoms with Crippen LogP contribution in [0.4, 0.5) is 0 Å². The molecule has 0 fully saturated rings. The number of aryl methyl sites for hydroxylation is 1. The minimum Gasteiger partial charge on any atom is -0.385 e. The Balaban J connectivity index is 1.89. The van der Waals surface area contributed by atoms with Crippen molar-refractivity contribution in [2.45, 2.75) is 38.6 Å². The van der Waals surface area contributed by atoms with Crippen molar-refractivity contribution in [2.75, 3.05) is 0 Å². The van der Waals surface area contributed by atoms with E-state index in [2.05, 4.69) is 29.4 Å². The first-order valence-electron chi connectivity index (χ1n) is 6.80. The maximum atomic E-state index is 10.6. The minimum atomic E-state index is -0.558. The summed E-state index contributed by atoms with van der Waals surface area (Å²) in [5, 5.41) is 14.0. The number of hydrogen-bond donors (Lipinski definition) is 2. The van der Waals surface area contributed by atoms with Crippen molar-refractivity contribution in [1.82, 2.24) is 14.9 Å². The van der Waals surface area contributed by atoms with Gasteiger partial charge >= 0.3 is 0 Å². The summed E-state index contributed by atoms with van der Waals surface area (Å²) in [6.07, 6.45) is 4.04. The minimum absolute atomic E-state index is 0.0384. The molecular formula is C15H19N3O. The maximum absolute atomic E-state index is 10.6. The van der Waals surface area contributed by atoms with Crippen LogP contribution in [0.5, 0.6) is 0 Å². The SMILES string of the molecule is CCCn1cncc1C(O)C1NCc2ccccc21. The van der Waals surface area contributed by atoms with Gasteiger partial charge in [-0.3, -0.25) is 0 Å². The van der Waals surface area contributed by atoms with Crippen molar-refractivity contribution >= 4 is 0 Å². The monoisotopic (exact) mass is 257 g/mol. The lowest BCUT2D eigenvalue weighted by molar-refractivity contribution is 0.125. The van der Waals surface area contributed by atoms with Crippen LogP contribution in [0.2, 0.25) is 0 Å². The van der Waals surface area contributed by atoms with Crippen molar-refractivity contribution < 1.29 is 5.11 Å². The maximum Gasteiger partial charge on any atom is 0.115 e. The first kappa shape index (κ1) is 12.4. The molecule has 0 saturated carbocycles. The van der Waals surface area contributed by atoms with Gasteiger partial charge in [-0.25, -0.2) is 4.98 Å². The molecule has 3 rings (SSSR count). The summed E-state index contributed by atoms with van der Waals surface area (Å²) in [6, 6.07) is 8.22. The van der Waals surface area contributed by atoms with Crippen LogP contribution in [-0.2, 0) is 13.1 Å². The van der Waals surface area contributed by atoms with Crippen molar-refractivity contribution in [3.63, 3.8) is 0 Å². The summed E-state index contributed by atoms with van der Waals surface area (Å²) in [5.74, 6) is 0. The molecule has 2 unspecified atom stereocenters. The van der Waals surface area contributed by atoms with Gasteiger partial charge in [-0.1, -0.05) is 31.2 Å². The van der Waals surface area contributed by atoms with Gasteiger partial charge in [-0.05, 0) is 17.5 Å². The topological polar surface area (TPSA) is 50.1 Å². The van der Waals surface area contributed by atoms with Gasteiger partial charge in [0.05, 0.1) is 24.3 Å². The second kappa shape index (κ2) is 5.15. The molecule has 2 heterocycles. The zero-order chi connectivity index (χ0) is 13.2. The van der Waals surface area contributed by atoms with Crippen molar-refractivity contribution in [2.24, 2.45) is 0 Å². The Morgan fingerprint density at radius 2 is 2.32 bits per heavy atom. The lowest BCUT2D eigenvalue weighted by Crippen LogP contribution is -2.22. The molecule has 1 aliphatic heterocycles. The first-order valence-corrected chi connectivity index (χ1v) is 6.80. The summed E-state index contributed by atoms with van der Waals surface area (Å²) in [4.78, 5) is 4.16. The van der Waals surface area contributed by atoms with Crippen molar-refractivity contribution in [3.8, 4) is 0 Å². The van der Waals surface area contributed by atoms with E-state index in [1.54, 1.807) is 12.5 Å². The standard InChI is InChI=1S/C15H19N3O/c1-2-7-18-10-16-9-13(18)15(19)14-12-6-4-3-5-11(12)8-17-14/h3-6,9-10,14-15,17,19H,2,7-8H2,1H3. The molecule has 0 radical (unpaired) electrons. The van der Waals surface area contributed by atoms with Crippen LogP contribution < -0.4 is 5.32 Å². The van der Waals surface area contributed by atoms with Crippen LogP contribution >= 0.6 is 0 Å². The number of rotatable bonds is 4. The van der Waals surface area contributed by atoms with E-state index in [9.17, 15) is 5.11 Å². The fraction of sp³-hybridized carbons (Fsp3) is 0.400. The van der Waals surface area contributed by atoms with E-state index in [-0.39, 0.29) is 6.04 Å². The highest BCUT2D eigenvalue weighted by Crippen LogP contribution is 2.34.